The molecule has 0 saturated heterocycles. The minimum Gasteiger partial charge on any atom is -0.374 e. The van der Waals surface area contributed by atoms with Crippen LogP contribution in [-0.2, 0) is 4.79 Å². The van der Waals surface area contributed by atoms with Crippen LogP contribution >= 0.6 is 0 Å². The van der Waals surface area contributed by atoms with E-state index in [4.69, 9.17) is 0 Å². The molecule has 0 saturated carbocycles. The molecule has 0 aromatic heterocycles. The van der Waals surface area contributed by atoms with Crippen LogP contribution in [0, 0.1) is 6.92 Å². The van der Waals surface area contributed by atoms with E-state index in [1.54, 1.807) is 0 Å². The fourth-order valence-corrected chi connectivity index (χ4v) is 2.36. The largest absolute Gasteiger partial charge is 0.374 e. The van der Waals surface area contributed by atoms with Crippen molar-refractivity contribution in [2.45, 2.75) is 19.3 Å². The summed E-state index contributed by atoms with van der Waals surface area (Å²) in [7, 11) is 2.09. The number of carbonyl (C=O) groups excluding carboxylic acids is 1. The third kappa shape index (κ3) is 1.31. The van der Waals surface area contributed by atoms with Gasteiger partial charge in [-0.3, -0.25) is 0 Å². The molecule has 1 aliphatic heterocycles. The molecule has 1 unspecified atom stereocenters. The number of hydrogen-bond acceptors (Lipinski definition) is 2. The van der Waals surface area contributed by atoms with Gasteiger partial charge in [0.15, 0.2) is 0 Å². The Hall–Kier alpha value is -1.31. The molecule has 0 N–H and O–H groups in total. The van der Waals surface area contributed by atoms with Gasteiger partial charge in [-0.15, -0.1) is 0 Å². The number of hydrogen-bond donors (Lipinski definition) is 0. The Morgan fingerprint density at radius 1 is 1.57 bits per heavy atom. The minimum atomic E-state index is 0.397. The molecule has 0 spiro atoms. The Balaban J connectivity index is 2.45. The van der Waals surface area contributed by atoms with Crippen LogP contribution in [0.25, 0.3) is 0 Å². The Kier molecular flexibility index (Phi) is 2.28. The summed E-state index contributed by atoms with van der Waals surface area (Å²) in [6.45, 7) is 3.09. The van der Waals surface area contributed by atoms with Gasteiger partial charge in [0.25, 0.3) is 0 Å². The van der Waals surface area contributed by atoms with E-state index in [1.807, 2.05) is 0 Å². The van der Waals surface area contributed by atoms with Gasteiger partial charge in [0.05, 0.1) is 0 Å². The van der Waals surface area contributed by atoms with E-state index < -0.39 is 0 Å². The Bertz CT molecular complexity index is 359. The lowest BCUT2D eigenvalue weighted by Crippen LogP contribution is -2.15. The molecule has 2 rings (SSSR count). The summed E-state index contributed by atoms with van der Waals surface area (Å²) >= 11 is 0. The molecule has 1 aromatic rings. The summed E-state index contributed by atoms with van der Waals surface area (Å²) in [5.41, 5.74) is 3.96. The summed E-state index contributed by atoms with van der Waals surface area (Å²) in [5, 5.41) is 0. The minimum absolute atomic E-state index is 0.397. The standard InChI is InChI=1S/C12H15NO/c1-9-4-3-5-11-12(9)10(6-7-14)8-13(11)2/h3-5,7,10H,6,8H2,1-2H3. The second-order valence-corrected chi connectivity index (χ2v) is 3.99. The number of anilines is 1. The molecule has 1 aliphatic rings. The lowest BCUT2D eigenvalue weighted by molar-refractivity contribution is -0.108. The maximum absolute atomic E-state index is 10.6. The molecule has 2 nitrogen and oxygen atoms in total. The zero-order chi connectivity index (χ0) is 10.1. The van der Waals surface area contributed by atoms with E-state index in [9.17, 15) is 4.79 Å². The maximum atomic E-state index is 10.6. The second kappa shape index (κ2) is 3.45. The molecule has 0 aliphatic carbocycles. The van der Waals surface area contributed by atoms with Gasteiger partial charge in [0, 0.05) is 31.6 Å². The van der Waals surface area contributed by atoms with Gasteiger partial charge in [-0.25, -0.2) is 0 Å². The van der Waals surface area contributed by atoms with Crippen LogP contribution in [-0.4, -0.2) is 19.9 Å². The van der Waals surface area contributed by atoms with Crippen LogP contribution in [0.2, 0.25) is 0 Å². The van der Waals surface area contributed by atoms with Crippen molar-refractivity contribution in [1.82, 2.24) is 0 Å². The Morgan fingerprint density at radius 2 is 2.36 bits per heavy atom. The Labute approximate surface area is 84.5 Å². The van der Waals surface area contributed by atoms with Crippen molar-refractivity contribution in [2.75, 3.05) is 18.5 Å². The average molecular weight is 189 g/mol. The summed E-state index contributed by atoms with van der Waals surface area (Å²) in [6.07, 6.45) is 1.67. The SMILES string of the molecule is Cc1cccc2c1C(CC=O)CN2C. The smallest absolute Gasteiger partial charge is 0.120 e. The molecular weight excluding hydrogens is 174 g/mol. The number of likely N-dealkylation sites (N-methyl/N-ethyl adjacent to an activating group) is 1. The fraction of sp³-hybridized carbons (Fsp3) is 0.417. The van der Waals surface area contributed by atoms with Crippen molar-refractivity contribution < 1.29 is 4.79 Å². The quantitative estimate of drug-likeness (QED) is 0.664. The van der Waals surface area contributed by atoms with Gasteiger partial charge in [-0.2, -0.15) is 0 Å². The molecule has 1 aromatic carbocycles. The lowest BCUT2D eigenvalue weighted by atomic mass is 9.94. The number of aryl methyl sites for hydroxylation is 1. The van der Waals surface area contributed by atoms with E-state index in [2.05, 4.69) is 37.1 Å². The first-order valence-electron chi connectivity index (χ1n) is 4.98. The molecule has 0 amide bonds. The van der Waals surface area contributed by atoms with Crippen molar-refractivity contribution in [1.29, 1.82) is 0 Å². The first kappa shape index (κ1) is 9.25. The van der Waals surface area contributed by atoms with Crippen LogP contribution in [0.3, 0.4) is 0 Å². The predicted octanol–water partition coefficient (Wildman–Crippen LogP) is 2.12. The normalized spacial score (nSPS) is 19.6. The van der Waals surface area contributed by atoms with E-state index in [0.29, 0.717) is 12.3 Å². The van der Waals surface area contributed by atoms with E-state index in [-0.39, 0.29) is 0 Å². The summed E-state index contributed by atoms with van der Waals surface area (Å²) in [5.74, 6) is 0.397. The van der Waals surface area contributed by atoms with Crippen LogP contribution in [0.15, 0.2) is 18.2 Å². The van der Waals surface area contributed by atoms with Crippen molar-refractivity contribution in [3.63, 3.8) is 0 Å². The van der Waals surface area contributed by atoms with Gasteiger partial charge in [0.2, 0.25) is 0 Å². The van der Waals surface area contributed by atoms with Gasteiger partial charge in [0.1, 0.15) is 6.29 Å². The number of nitrogens with zero attached hydrogens (tertiary/aromatic N) is 1. The molecule has 1 heterocycles. The number of carbonyl (C=O) groups is 1. The highest BCUT2D eigenvalue weighted by molar-refractivity contribution is 5.65. The first-order valence-corrected chi connectivity index (χ1v) is 4.98. The van der Waals surface area contributed by atoms with Crippen molar-refractivity contribution in [2.24, 2.45) is 0 Å². The van der Waals surface area contributed by atoms with Crippen molar-refractivity contribution >= 4 is 12.0 Å². The molecule has 14 heavy (non-hydrogen) atoms. The second-order valence-electron chi connectivity index (χ2n) is 3.99. The van der Waals surface area contributed by atoms with Crippen LogP contribution in [0.4, 0.5) is 5.69 Å². The molecule has 0 bridgehead atoms. The van der Waals surface area contributed by atoms with Crippen LogP contribution in [0.1, 0.15) is 23.5 Å². The topological polar surface area (TPSA) is 20.3 Å². The molecule has 1 atom stereocenters. The molecule has 0 radical (unpaired) electrons. The molecule has 0 fully saturated rings. The van der Waals surface area contributed by atoms with Crippen LogP contribution in [0.5, 0.6) is 0 Å². The Morgan fingerprint density at radius 3 is 3.07 bits per heavy atom. The first-order chi connectivity index (χ1) is 6.74. The fourth-order valence-electron chi connectivity index (χ4n) is 2.36. The maximum Gasteiger partial charge on any atom is 0.120 e. The summed E-state index contributed by atoms with van der Waals surface area (Å²) in [6, 6.07) is 6.33. The molecule has 74 valence electrons. The monoisotopic (exact) mass is 189 g/mol. The summed E-state index contributed by atoms with van der Waals surface area (Å²) in [4.78, 5) is 12.8. The predicted molar refractivity (Wildman–Crippen MR) is 57.9 cm³/mol. The highest BCUT2D eigenvalue weighted by Crippen LogP contribution is 2.38. The average Bonchev–Trinajstić information content (AvgIpc) is 2.46. The molecular formula is C12H15NO. The third-order valence-corrected chi connectivity index (χ3v) is 3.00. The van der Waals surface area contributed by atoms with Gasteiger partial charge in [-0.05, 0) is 24.1 Å². The van der Waals surface area contributed by atoms with Crippen molar-refractivity contribution in [3.8, 4) is 0 Å². The lowest BCUT2D eigenvalue weighted by Gasteiger charge is -2.11. The number of rotatable bonds is 2. The van der Waals surface area contributed by atoms with E-state index >= 15 is 0 Å². The van der Waals surface area contributed by atoms with E-state index in [0.717, 1.165) is 12.8 Å². The highest BCUT2D eigenvalue weighted by Gasteiger charge is 2.26. The zero-order valence-electron chi connectivity index (χ0n) is 8.66. The van der Waals surface area contributed by atoms with E-state index in [1.165, 1.54) is 16.8 Å². The van der Waals surface area contributed by atoms with Crippen LogP contribution < -0.4 is 4.90 Å². The van der Waals surface area contributed by atoms with Gasteiger partial charge in [-0.1, -0.05) is 12.1 Å². The summed E-state index contributed by atoms with van der Waals surface area (Å²) < 4.78 is 0. The van der Waals surface area contributed by atoms with Crippen molar-refractivity contribution in [3.05, 3.63) is 29.3 Å². The third-order valence-electron chi connectivity index (χ3n) is 3.00. The van der Waals surface area contributed by atoms with Gasteiger partial charge >= 0.3 is 0 Å². The zero-order valence-corrected chi connectivity index (χ0v) is 8.66. The number of fused-ring (bicyclic) bond motifs is 1. The number of aldehydes is 1. The van der Waals surface area contributed by atoms with Gasteiger partial charge < -0.3 is 9.69 Å². The molecule has 2 heteroatoms. The number of benzene rings is 1. The highest BCUT2D eigenvalue weighted by atomic mass is 16.1.